The van der Waals surface area contributed by atoms with Crippen LogP contribution < -0.4 is 0 Å². The Bertz CT molecular complexity index is 1000. The van der Waals surface area contributed by atoms with Gasteiger partial charge >= 0.3 is 0 Å². The maximum Gasteiger partial charge on any atom is 0.229 e. The highest BCUT2D eigenvalue weighted by atomic mass is 19.1. The number of hydrogen-bond donors (Lipinski definition) is 0. The van der Waals surface area contributed by atoms with Gasteiger partial charge in [0.1, 0.15) is 5.82 Å². The molecule has 33 heavy (non-hydrogen) atoms. The molecule has 0 saturated carbocycles. The molecule has 1 aromatic carbocycles. The van der Waals surface area contributed by atoms with Gasteiger partial charge in [0.2, 0.25) is 11.8 Å². The van der Waals surface area contributed by atoms with E-state index in [9.17, 15) is 14.0 Å². The summed E-state index contributed by atoms with van der Waals surface area (Å²) >= 11 is 0. The molecule has 1 aromatic heterocycles. The fraction of sp³-hybridized carbons (Fsp3) is 0.519. The number of likely N-dealkylation sites (tertiary alicyclic amines) is 2. The molecule has 0 radical (unpaired) electrons. The lowest BCUT2D eigenvalue weighted by atomic mass is 9.72. The number of pyridine rings is 1. The first-order chi connectivity index (χ1) is 15.8. The second-order valence-electron chi connectivity index (χ2n) is 9.83. The van der Waals surface area contributed by atoms with Gasteiger partial charge in [-0.2, -0.15) is 0 Å². The van der Waals surface area contributed by atoms with Crippen LogP contribution in [-0.4, -0.2) is 52.8 Å². The summed E-state index contributed by atoms with van der Waals surface area (Å²) in [4.78, 5) is 34.4. The molecule has 2 saturated heterocycles. The molecule has 2 aromatic rings. The average molecular weight is 452 g/mol. The summed E-state index contributed by atoms with van der Waals surface area (Å²) in [6, 6.07) is 12.7. The Morgan fingerprint density at radius 3 is 2.55 bits per heavy atom. The molecule has 0 bridgehead atoms. The van der Waals surface area contributed by atoms with Crippen molar-refractivity contribution in [1.29, 1.82) is 0 Å². The van der Waals surface area contributed by atoms with Gasteiger partial charge in [0.15, 0.2) is 0 Å². The van der Waals surface area contributed by atoms with Crippen LogP contribution in [0.3, 0.4) is 0 Å². The minimum Gasteiger partial charge on any atom is -0.343 e. The van der Waals surface area contributed by atoms with Gasteiger partial charge in [0.25, 0.3) is 0 Å². The number of aryl methyl sites for hydroxylation is 1. The first-order valence-corrected chi connectivity index (χ1v) is 12.1. The van der Waals surface area contributed by atoms with Crippen molar-refractivity contribution >= 4 is 11.8 Å². The normalized spacial score (nSPS) is 20.5. The van der Waals surface area contributed by atoms with Crippen molar-refractivity contribution in [2.24, 2.45) is 11.3 Å². The molecule has 3 heterocycles. The van der Waals surface area contributed by atoms with Gasteiger partial charge in [-0.3, -0.25) is 14.6 Å². The molecule has 4 rings (SSSR count). The highest BCUT2D eigenvalue weighted by Gasteiger charge is 2.45. The molecule has 2 fully saturated rings. The van der Waals surface area contributed by atoms with E-state index in [1.165, 1.54) is 12.1 Å². The second kappa shape index (κ2) is 10.0. The second-order valence-corrected chi connectivity index (χ2v) is 9.83. The summed E-state index contributed by atoms with van der Waals surface area (Å²) < 4.78 is 13.9. The number of rotatable bonds is 5. The molecule has 6 heteroatoms. The van der Waals surface area contributed by atoms with Crippen LogP contribution in [0.25, 0.3) is 0 Å². The molecule has 1 unspecified atom stereocenters. The predicted octanol–water partition coefficient (Wildman–Crippen LogP) is 4.18. The average Bonchev–Trinajstić information content (AvgIpc) is 2.79. The fourth-order valence-corrected chi connectivity index (χ4v) is 5.51. The van der Waals surface area contributed by atoms with Gasteiger partial charge in [0, 0.05) is 44.5 Å². The van der Waals surface area contributed by atoms with Crippen LogP contribution in [0.4, 0.5) is 4.39 Å². The first-order valence-electron chi connectivity index (χ1n) is 12.1. The van der Waals surface area contributed by atoms with E-state index in [2.05, 4.69) is 11.1 Å². The third-order valence-corrected chi connectivity index (χ3v) is 7.30. The van der Waals surface area contributed by atoms with Crippen LogP contribution in [0.15, 0.2) is 42.5 Å². The van der Waals surface area contributed by atoms with Crippen molar-refractivity contribution in [3.63, 3.8) is 0 Å². The number of carbonyl (C=O) groups is 2. The zero-order chi connectivity index (χ0) is 23.4. The van der Waals surface area contributed by atoms with Gasteiger partial charge in [0.05, 0.1) is 5.41 Å². The minimum atomic E-state index is -0.594. The molecular formula is C27H34FN3O2. The molecule has 2 amide bonds. The van der Waals surface area contributed by atoms with Gasteiger partial charge in [-0.25, -0.2) is 4.39 Å². The van der Waals surface area contributed by atoms with Crippen LogP contribution in [0.2, 0.25) is 0 Å². The molecule has 0 spiro atoms. The van der Waals surface area contributed by atoms with E-state index in [0.29, 0.717) is 38.3 Å². The van der Waals surface area contributed by atoms with E-state index < -0.39 is 5.41 Å². The predicted molar refractivity (Wildman–Crippen MR) is 126 cm³/mol. The van der Waals surface area contributed by atoms with Gasteiger partial charge in [-0.1, -0.05) is 18.2 Å². The standard InChI is InChI=1S/C27H34FN3O2/c1-20-6-3-10-25(29-20)17-23-8-5-13-31(19-23)26(33)27(11-14-30(15-12-27)21(2)32)18-22-7-4-9-24(28)16-22/h3-4,6-7,9-10,16,23H,5,8,11-15,17-19H2,1-2H3. The van der Waals surface area contributed by atoms with Crippen LogP contribution in [0, 0.1) is 24.1 Å². The molecule has 0 aliphatic carbocycles. The molecule has 0 N–H and O–H groups in total. The summed E-state index contributed by atoms with van der Waals surface area (Å²) in [5.41, 5.74) is 2.35. The summed E-state index contributed by atoms with van der Waals surface area (Å²) in [6.07, 6.45) is 4.69. The van der Waals surface area contributed by atoms with Crippen LogP contribution in [0.5, 0.6) is 0 Å². The molecular weight excluding hydrogens is 417 g/mol. The fourth-order valence-electron chi connectivity index (χ4n) is 5.51. The lowest BCUT2D eigenvalue weighted by Gasteiger charge is -2.45. The molecule has 2 aliphatic heterocycles. The highest BCUT2D eigenvalue weighted by Crippen LogP contribution is 2.38. The topological polar surface area (TPSA) is 53.5 Å². The third kappa shape index (κ3) is 5.60. The van der Waals surface area contributed by atoms with Crippen molar-refractivity contribution in [3.05, 3.63) is 65.2 Å². The Labute approximate surface area is 196 Å². The van der Waals surface area contributed by atoms with E-state index in [1.54, 1.807) is 13.0 Å². The Kier molecular flexibility index (Phi) is 7.11. The number of carbonyl (C=O) groups excluding carboxylic acids is 2. The molecule has 2 aliphatic rings. The monoisotopic (exact) mass is 451 g/mol. The van der Waals surface area contributed by atoms with E-state index in [1.807, 2.05) is 34.9 Å². The van der Waals surface area contributed by atoms with Crippen LogP contribution in [0.1, 0.15) is 49.6 Å². The van der Waals surface area contributed by atoms with Crippen LogP contribution in [-0.2, 0) is 22.4 Å². The Hall–Kier alpha value is -2.76. The minimum absolute atomic E-state index is 0.0468. The van der Waals surface area contributed by atoms with E-state index in [-0.39, 0.29) is 17.6 Å². The number of benzene rings is 1. The largest absolute Gasteiger partial charge is 0.343 e. The van der Waals surface area contributed by atoms with Crippen molar-refractivity contribution in [2.45, 2.75) is 52.4 Å². The summed E-state index contributed by atoms with van der Waals surface area (Å²) in [6.45, 7) is 6.22. The number of aromatic nitrogens is 1. The summed E-state index contributed by atoms with van der Waals surface area (Å²) in [5, 5.41) is 0. The Morgan fingerprint density at radius 1 is 1.09 bits per heavy atom. The summed E-state index contributed by atoms with van der Waals surface area (Å²) in [5.74, 6) is 0.322. The maximum absolute atomic E-state index is 14.0. The smallest absolute Gasteiger partial charge is 0.229 e. The Balaban J connectivity index is 1.52. The number of halogens is 1. The van der Waals surface area contributed by atoms with Gasteiger partial charge in [-0.05, 0) is 81.2 Å². The lowest BCUT2D eigenvalue weighted by molar-refractivity contribution is -0.149. The molecule has 5 nitrogen and oxygen atoms in total. The molecule has 176 valence electrons. The zero-order valence-corrected chi connectivity index (χ0v) is 19.7. The summed E-state index contributed by atoms with van der Waals surface area (Å²) in [7, 11) is 0. The van der Waals surface area contributed by atoms with Gasteiger partial charge in [-0.15, -0.1) is 0 Å². The Morgan fingerprint density at radius 2 is 1.85 bits per heavy atom. The zero-order valence-electron chi connectivity index (χ0n) is 19.7. The van der Waals surface area contributed by atoms with E-state index >= 15 is 0 Å². The van der Waals surface area contributed by atoms with Crippen molar-refractivity contribution in [1.82, 2.24) is 14.8 Å². The highest BCUT2D eigenvalue weighted by molar-refractivity contribution is 5.84. The SMILES string of the molecule is CC(=O)N1CCC(Cc2cccc(F)c2)(C(=O)N2CCCC(Cc3cccc(C)n3)C2)CC1. The molecule has 1 atom stereocenters. The van der Waals surface area contributed by atoms with Crippen molar-refractivity contribution in [3.8, 4) is 0 Å². The number of amides is 2. The number of piperidine rings is 2. The first kappa shape index (κ1) is 23.4. The third-order valence-electron chi connectivity index (χ3n) is 7.30. The number of hydrogen-bond acceptors (Lipinski definition) is 3. The van der Waals surface area contributed by atoms with Gasteiger partial charge < -0.3 is 9.80 Å². The maximum atomic E-state index is 14.0. The van der Waals surface area contributed by atoms with E-state index in [0.717, 1.165) is 49.3 Å². The van der Waals surface area contributed by atoms with E-state index in [4.69, 9.17) is 0 Å². The quantitative estimate of drug-likeness (QED) is 0.685. The van der Waals surface area contributed by atoms with Crippen molar-refractivity contribution in [2.75, 3.05) is 26.2 Å². The van der Waals surface area contributed by atoms with Crippen molar-refractivity contribution < 1.29 is 14.0 Å². The van der Waals surface area contributed by atoms with Crippen LogP contribution >= 0.6 is 0 Å². The lowest BCUT2D eigenvalue weighted by Crippen LogP contribution is -2.54. The number of nitrogens with zero attached hydrogens (tertiary/aromatic N) is 3.